The standard InChI is InChI=1S/C28H27N5O/c1-3-8-22(9-4-1)20-31-16-18-32(19-17-31)28-25-12-7-15-33(25)27-24(29-28)13-14-26(30-27)34-21-23-10-5-2-6-11-23/h1-15H,16-21H2. The van der Waals surface area contributed by atoms with Gasteiger partial charge in [0.15, 0.2) is 11.5 Å². The smallest absolute Gasteiger partial charge is 0.215 e. The molecule has 170 valence electrons. The van der Waals surface area contributed by atoms with E-state index in [4.69, 9.17) is 14.7 Å². The summed E-state index contributed by atoms with van der Waals surface area (Å²) in [6.07, 6.45) is 2.06. The van der Waals surface area contributed by atoms with Gasteiger partial charge in [-0.2, -0.15) is 4.98 Å². The minimum atomic E-state index is 0.493. The van der Waals surface area contributed by atoms with Gasteiger partial charge in [0.2, 0.25) is 5.88 Å². The highest BCUT2D eigenvalue weighted by molar-refractivity contribution is 5.83. The Morgan fingerprint density at radius 3 is 2.21 bits per heavy atom. The lowest BCUT2D eigenvalue weighted by Crippen LogP contribution is -2.46. The molecule has 4 heterocycles. The molecule has 34 heavy (non-hydrogen) atoms. The zero-order chi connectivity index (χ0) is 22.7. The van der Waals surface area contributed by atoms with Crippen LogP contribution in [0.25, 0.3) is 16.7 Å². The second-order valence-corrected chi connectivity index (χ2v) is 8.71. The first kappa shape index (κ1) is 20.7. The van der Waals surface area contributed by atoms with Crippen LogP contribution in [0.15, 0.2) is 91.1 Å². The van der Waals surface area contributed by atoms with E-state index in [1.54, 1.807) is 0 Å². The fraction of sp³-hybridized carbons (Fsp3) is 0.214. The Morgan fingerprint density at radius 1 is 0.706 bits per heavy atom. The van der Waals surface area contributed by atoms with Crippen LogP contribution in [0.5, 0.6) is 5.88 Å². The molecule has 1 saturated heterocycles. The quantitative estimate of drug-likeness (QED) is 0.373. The van der Waals surface area contributed by atoms with Gasteiger partial charge in [0.1, 0.15) is 12.1 Å². The van der Waals surface area contributed by atoms with Gasteiger partial charge in [0.05, 0.1) is 5.52 Å². The van der Waals surface area contributed by atoms with Gasteiger partial charge in [-0.1, -0.05) is 60.7 Å². The second-order valence-electron chi connectivity index (χ2n) is 8.71. The van der Waals surface area contributed by atoms with E-state index in [9.17, 15) is 0 Å². The normalized spacial score (nSPS) is 14.6. The Balaban J connectivity index is 1.22. The number of hydrogen-bond donors (Lipinski definition) is 0. The number of aromatic nitrogens is 3. The molecule has 0 atom stereocenters. The van der Waals surface area contributed by atoms with Gasteiger partial charge < -0.3 is 9.64 Å². The van der Waals surface area contributed by atoms with Crippen molar-refractivity contribution in [3.8, 4) is 5.88 Å². The van der Waals surface area contributed by atoms with Crippen LogP contribution < -0.4 is 9.64 Å². The molecule has 6 nitrogen and oxygen atoms in total. The summed E-state index contributed by atoms with van der Waals surface area (Å²) < 4.78 is 8.09. The Bertz CT molecular complexity index is 1390. The van der Waals surface area contributed by atoms with Crippen molar-refractivity contribution in [3.05, 3.63) is 102 Å². The molecule has 1 aliphatic rings. The maximum Gasteiger partial charge on any atom is 0.215 e. The summed E-state index contributed by atoms with van der Waals surface area (Å²) in [5.74, 6) is 1.63. The average Bonchev–Trinajstić information content (AvgIpc) is 3.39. The highest BCUT2D eigenvalue weighted by Crippen LogP contribution is 2.27. The summed E-state index contributed by atoms with van der Waals surface area (Å²) in [6, 6.07) is 29.0. The lowest BCUT2D eigenvalue weighted by atomic mass is 10.2. The van der Waals surface area contributed by atoms with E-state index in [1.807, 2.05) is 30.3 Å². The minimum absolute atomic E-state index is 0.493. The van der Waals surface area contributed by atoms with Crippen LogP contribution >= 0.6 is 0 Å². The highest BCUT2D eigenvalue weighted by Gasteiger charge is 2.21. The van der Waals surface area contributed by atoms with Gasteiger partial charge in [0, 0.05) is 45.0 Å². The van der Waals surface area contributed by atoms with Crippen molar-refractivity contribution in [2.75, 3.05) is 31.1 Å². The monoisotopic (exact) mass is 449 g/mol. The molecule has 1 aliphatic heterocycles. The fourth-order valence-corrected chi connectivity index (χ4v) is 4.61. The fourth-order valence-electron chi connectivity index (χ4n) is 4.61. The van der Waals surface area contributed by atoms with E-state index >= 15 is 0 Å². The van der Waals surface area contributed by atoms with Gasteiger partial charge in [-0.25, -0.2) is 4.98 Å². The third kappa shape index (κ3) is 4.20. The lowest BCUT2D eigenvalue weighted by molar-refractivity contribution is 0.249. The van der Waals surface area contributed by atoms with Gasteiger partial charge in [-0.3, -0.25) is 9.30 Å². The first-order chi connectivity index (χ1) is 16.8. The van der Waals surface area contributed by atoms with E-state index in [1.165, 1.54) is 5.56 Å². The summed E-state index contributed by atoms with van der Waals surface area (Å²) >= 11 is 0. The van der Waals surface area contributed by atoms with Crippen LogP contribution in [0.3, 0.4) is 0 Å². The molecule has 6 rings (SSSR count). The highest BCUT2D eigenvalue weighted by atomic mass is 16.5. The summed E-state index contributed by atoms with van der Waals surface area (Å²) in [5, 5.41) is 0. The molecule has 5 aromatic rings. The van der Waals surface area contributed by atoms with Crippen molar-refractivity contribution < 1.29 is 4.74 Å². The van der Waals surface area contributed by atoms with E-state index in [-0.39, 0.29) is 0 Å². The van der Waals surface area contributed by atoms with Crippen LogP contribution in [-0.4, -0.2) is 45.4 Å². The predicted octanol–water partition coefficient (Wildman–Crippen LogP) is 4.78. The van der Waals surface area contributed by atoms with Gasteiger partial charge >= 0.3 is 0 Å². The molecule has 0 aliphatic carbocycles. The molecule has 0 spiro atoms. The summed E-state index contributed by atoms with van der Waals surface area (Å²) in [6.45, 7) is 5.44. The molecule has 0 saturated carbocycles. The number of fused-ring (bicyclic) bond motifs is 3. The van der Waals surface area contributed by atoms with Crippen LogP contribution in [0.1, 0.15) is 11.1 Å². The second kappa shape index (κ2) is 9.15. The number of pyridine rings is 1. The first-order valence-corrected chi connectivity index (χ1v) is 11.8. The van der Waals surface area contributed by atoms with E-state index < -0.39 is 0 Å². The number of ether oxygens (including phenoxy) is 1. The number of piperazine rings is 1. The summed E-state index contributed by atoms with van der Waals surface area (Å²) in [7, 11) is 0. The van der Waals surface area contributed by atoms with Crippen molar-refractivity contribution in [1.82, 2.24) is 19.3 Å². The zero-order valence-corrected chi connectivity index (χ0v) is 19.0. The number of rotatable bonds is 6. The maximum atomic E-state index is 5.96. The van der Waals surface area contributed by atoms with Crippen molar-refractivity contribution >= 4 is 22.5 Å². The van der Waals surface area contributed by atoms with Crippen LogP contribution in [0.4, 0.5) is 5.82 Å². The van der Waals surface area contributed by atoms with Crippen molar-refractivity contribution in [3.63, 3.8) is 0 Å². The van der Waals surface area contributed by atoms with Crippen LogP contribution in [0, 0.1) is 0 Å². The third-order valence-electron chi connectivity index (χ3n) is 6.41. The maximum absolute atomic E-state index is 5.96. The summed E-state index contributed by atoms with van der Waals surface area (Å²) in [5.41, 5.74) is 5.26. The molecular weight excluding hydrogens is 422 g/mol. The number of benzene rings is 2. The molecule has 0 radical (unpaired) electrons. The molecule has 0 bridgehead atoms. The topological polar surface area (TPSA) is 45.9 Å². The predicted molar refractivity (Wildman–Crippen MR) is 135 cm³/mol. The largest absolute Gasteiger partial charge is 0.473 e. The minimum Gasteiger partial charge on any atom is -0.473 e. The number of hydrogen-bond acceptors (Lipinski definition) is 5. The van der Waals surface area contributed by atoms with Gasteiger partial charge in [-0.15, -0.1) is 0 Å². The van der Waals surface area contributed by atoms with Crippen LogP contribution in [-0.2, 0) is 13.2 Å². The molecule has 1 fully saturated rings. The third-order valence-corrected chi connectivity index (χ3v) is 6.41. The Labute approximate surface area is 199 Å². The van der Waals surface area contributed by atoms with Crippen molar-refractivity contribution in [2.45, 2.75) is 13.2 Å². The SMILES string of the molecule is c1ccc(COc2ccc3nc(N4CCN(Cc5ccccc5)CC4)c4cccn4c3n2)cc1. The van der Waals surface area contributed by atoms with E-state index in [0.717, 1.165) is 60.8 Å². The molecule has 0 amide bonds. The van der Waals surface area contributed by atoms with Crippen molar-refractivity contribution in [1.29, 1.82) is 0 Å². The van der Waals surface area contributed by atoms with Crippen LogP contribution in [0.2, 0.25) is 0 Å². The summed E-state index contributed by atoms with van der Waals surface area (Å²) in [4.78, 5) is 14.7. The molecule has 0 N–H and O–H groups in total. The van der Waals surface area contributed by atoms with E-state index in [0.29, 0.717) is 12.5 Å². The molecule has 0 unspecified atom stereocenters. The number of nitrogens with zero attached hydrogens (tertiary/aromatic N) is 5. The Kier molecular flexibility index (Phi) is 5.57. The van der Waals surface area contributed by atoms with Gasteiger partial charge in [-0.05, 0) is 29.3 Å². The molecule has 6 heteroatoms. The average molecular weight is 450 g/mol. The number of anilines is 1. The molecule has 2 aromatic carbocycles. The first-order valence-electron chi connectivity index (χ1n) is 11.8. The van der Waals surface area contributed by atoms with Gasteiger partial charge in [0.25, 0.3) is 0 Å². The molecule has 3 aromatic heterocycles. The van der Waals surface area contributed by atoms with E-state index in [2.05, 4.69) is 75.0 Å². The molecular formula is C28H27N5O. The zero-order valence-electron chi connectivity index (χ0n) is 19.0. The Morgan fingerprint density at radius 2 is 1.44 bits per heavy atom. The Hall–Kier alpha value is -3.90. The lowest BCUT2D eigenvalue weighted by Gasteiger charge is -2.35. The van der Waals surface area contributed by atoms with Crippen molar-refractivity contribution in [2.24, 2.45) is 0 Å².